The Kier molecular flexibility index (Phi) is 2.57. The van der Waals surface area contributed by atoms with Gasteiger partial charge in [0.25, 0.3) is 0 Å². The predicted molar refractivity (Wildman–Crippen MR) is 52.0 cm³/mol. The molecule has 0 N–H and O–H groups in total. The Morgan fingerprint density at radius 3 is 2.18 bits per heavy atom. The molecule has 60 valence electrons. The Morgan fingerprint density at radius 2 is 1.82 bits per heavy atom. The molecule has 0 atom stereocenters. The van der Waals surface area contributed by atoms with Crippen molar-refractivity contribution in [3.8, 4) is 0 Å². The minimum atomic E-state index is -1.87. The summed E-state index contributed by atoms with van der Waals surface area (Å²) < 4.78 is 1.37. The second kappa shape index (κ2) is 3.13. The van der Waals surface area contributed by atoms with E-state index in [1.54, 1.807) is 0 Å². The fourth-order valence-corrected chi connectivity index (χ4v) is 4.12. The number of aryl methyl sites for hydroxylation is 1. The second-order valence-electron chi connectivity index (χ2n) is 3.91. The van der Waals surface area contributed by atoms with Gasteiger partial charge in [0, 0.05) is 0 Å². The molecular formula is C9H15NSn. The second-order valence-corrected chi connectivity index (χ2v) is 18.2. The molecule has 0 saturated carbocycles. The SMILES string of the molecule is Cc1ccc[c]([Sn]([CH3])([CH3])[CH3])n1. The third-order valence-corrected chi connectivity index (χ3v) is 6.84. The monoisotopic (exact) mass is 257 g/mol. The Morgan fingerprint density at radius 1 is 1.18 bits per heavy atom. The van der Waals surface area contributed by atoms with E-state index in [0.717, 1.165) is 5.69 Å². The van der Waals surface area contributed by atoms with E-state index in [1.165, 1.54) is 3.71 Å². The van der Waals surface area contributed by atoms with E-state index in [4.69, 9.17) is 0 Å². The third-order valence-electron chi connectivity index (χ3n) is 1.66. The maximum absolute atomic E-state index is 4.54. The van der Waals surface area contributed by atoms with Crippen LogP contribution in [0.2, 0.25) is 14.8 Å². The van der Waals surface area contributed by atoms with E-state index < -0.39 is 18.4 Å². The Hall–Kier alpha value is -0.0513. The minimum absolute atomic E-state index is 1.15. The molecular weight excluding hydrogens is 241 g/mol. The van der Waals surface area contributed by atoms with Crippen molar-refractivity contribution in [2.45, 2.75) is 21.7 Å². The third kappa shape index (κ3) is 2.47. The van der Waals surface area contributed by atoms with Crippen molar-refractivity contribution in [2.24, 2.45) is 0 Å². The molecule has 0 amide bonds. The first kappa shape index (κ1) is 9.04. The van der Waals surface area contributed by atoms with Crippen LogP contribution in [0.15, 0.2) is 18.2 Å². The van der Waals surface area contributed by atoms with Gasteiger partial charge in [-0.25, -0.2) is 0 Å². The van der Waals surface area contributed by atoms with E-state index in [9.17, 15) is 0 Å². The molecule has 2 heteroatoms. The number of pyridine rings is 1. The summed E-state index contributed by atoms with van der Waals surface area (Å²) in [7, 11) is 0. The van der Waals surface area contributed by atoms with Gasteiger partial charge in [0.2, 0.25) is 0 Å². The van der Waals surface area contributed by atoms with Crippen molar-refractivity contribution in [3.63, 3.8) is 0 Å². The zero-order valence-corrected chi connectivity index (χ0v) is 10.5. The first-order valence-corrected chi connectivity index (χ1v) is 13.9. The molecule has 0 aliphatic rings. The normalized spacial score (nSPS) is 11.6. The van der Waals surface area contributed by atoms with Crippen LogP contribution < -0.4 is 3.71 Å². The van der Waals surface area contributed by atoms with Gasteiger partial charge in [-0.2, -0.15) is 0 Å². The van der Waals surface area contributed by atoms with E-state index >= 15 is 0 Å². The molecule has 0 aliphatic carbocycles. The zero-order valence-electron chi connectivity index (χ0n) is 7.68. The molecule has 11 heavy (non-hydrogen) atoms. The molecule has 0 fully saturated rings. The number of rotatable bonds is 1. The van der Waals surface area contributed by atoms with Gasteiger partial charge in [0.1, 0.15) is 0 Å². The van der Waals surface area contributed by atoms with Crippen molar-refractivity contribution >= 4 is 22.1 Å². The van der Waals surface area contributed by atoms with Crippen molar-refractivity contribution in [1.29, 1.82) is 0 Å². The van der Waals surface area contributed by atoms with Crippen LogP contribution in [-0.2, 0) is 0 Å². The van der Waals surface area contributed by atoms with Gasteiger partial charge >= 0.3 is 72.7 Å². The average Bonchev–Trinajstić information content (AvgIpc) is 1.86. The van der Waals surface area contributed by atoms with Gasteiger partial charge in [-0.05, 0) is 0 Å². The molecule has 1 aromatic rings. The van der Waals surface area contributed by atoms with Crippen LogP contribution in [0.1, 0.15) is 5.69 Å². The van der Waals surface area contributed by atoms with Gasteiger partial charge in [-0.15, -0.1) is 0 Å². The summed E-state index contributed by atoms with van der Waals surface area (Å²) in [6.07, 6.45) is 0. The topological polar surface area (TPSA) is 12.9 Å². The van der Waals surface area contributed by atoms with Crippen molar-refractivity contribution in [2.75, 3.05) is 0 Å². The summed E-state index contributed by atoms with van der Waals surface area (Å²) in [5.41, 5.74) is 1.15. The fourth-order valence-electron chi connectivity index (χ4n) is 0.961. The molecule has 1 nitrogen and oxygen atoms in total. The van der Waals surface area contributed by atoms with Crippen molar-refractivity contribution in [1.82, 2.24) is 4.98 Å². The van der Waals surface area contributed by atoms with Crippen LogP contribution in [0, 0.1) is 6.92 Å². The molecule has 0 aromatic carbocycles. The molecule has 0 bridgehead atoms. The molecule has 0 spiro atoms. The summed E-state index contributed by atoms with van der Waals surface area (Å²) in [5.74, 6) is 0. The molecule has 0 unspecified atom stereocenters. The predicted octanol–water partition coefficient (Wildman–Crippen LogP) is 1.94. The number of hydrogen-bond acceptors (Lipinski definition) is 1. The molecule has 1 aromatic heterocycles. The summed E-state index contributed by atoms with van der Waals surface area (Å²) in [6.45, 7) is 2.06. The maximum atomic E-state index is 4.54. The fraction of sp³-hybridized carbons (Fsp3) is 0.444. The van der Waals surface area contributed by atoms with Gasteiger partial charge < -0.3 is 0 Å². The Bertz CT molecular complexity index is 250. The molecule has 0 aliphatic heterocycles. The van der Waals surface area contributed by atoms with Gasteiger partial charge in [-0.1, -0.05) is 0 Å². The van der Waals surface area contributed by atoms with E-state index in [1.807, 2.05) is 0 Å². The van der Waals surface area contributed by atoms with Crippen LogP contribution in [0.3, 0.4) is 0 Å². The van der Waals surface area contributed by atoms with Gasteiger partial charge in [0.15, 0.2) is 0 Å². The van der Waals surface area contributed by atoms with Crippen LogP contribution in [0.4, 0.5) is 0 Å². The number of aromatic nitrogens is 1. The number of hydrogen-bond donors (Lipinski definition) is 0. The molecule has 0 saturated heterocycles. The van der Waals surface area contributed by atoms with Gasteiger partial charge in [-0.3, -0.25) is 0 Å². The van der Waals surface area contributed by atoms with E-state index in [-0.39, 0.29) is 0 Å². The standard InChI is InChI=1S/C6H6N.3CH3.Sn/c1-6-4-2-3-5-7-6;;;;/h2-4H,1H3;3*1H3;. The first-order valence-electron chi connectivity index (χ1n) is 3.94. The average molecular weight is 256 g/mol. The summed E-state index contributed by atoms with van der Waals surface area (Å²) in [4.78, 5) is 11.7. The summed E-state index contributed by atoms with van der Waals surface area (Å²) in [5, 5.41) is 0. The van der Waals surface area contributed by atoms with Crippen LogP contribution in [0.5, 0.6) is 0 Å². The molecule has 1 rings (SSSR count). The molecule has 0 radical (unpaired) electrons. The van der Waals surface area contributed by atoms with Crippen molar-refractivity contribution < 1.29 is 0 Å². The quantitative estimate of drug-likeness (QED) is 0.699. The van der Waals surface area contributed by atoms with E-state index in [0.29, 0.717) is 0 Å². The first-order chi connectivity index (χ1) is 5.00. The summed E-state index contributed by atoms with van der Waals surface area (Å²) in [6, 6.07) is 6.34. The Labute approximate surface area is 72.7 Å². The van der Waals surface area contributed by atoms with E-state index in [2.05, 4.69) is 44.9 Å². The van der Waals surface area contributed by atoms with Crippen molar-refractivity contribution in [3.05, 3.63) is 23.9 Å². The van der Waals surface area contributed by atoms with Gasteiger partial charge in [0.05, 0.1) is 0 Å². The summed E-state index contributed by atoms with van der Waals surface area (Å²) >= 11 is -1.87. The zero-order chi connectivity index (χ0) is 8.48. The van der Waals surface area contributed by atoms with Crippen LogP contribution in [0.25, 0.3) is 0 Å². The van der Waals surface area contributed by atoms with Crippen LogP contribution in [-0.4, -0.2) is 23.4 Å². The Balaban J connectivity index is 3.06. The van der Waals surface area contributed by atoms with Crippen LogP contribution >= 0.6 is 0 Å². The molecule has 1 heterocycles. The number of nitrogens with zero attached hydrogens (tertiary/aromatic N) is 1.